The number of benzene rings is 1. The molecule has 5 nitrogen and oxygen atoms in total. The zero-order valence-corrected chi connectivity index (χ0v) is 16.6. The Bertz CT molecular complexity index is 920. The molecule has 1 saturated carbocycles. The maximum absolute atomic E-state index is 13.0. The van der Waals surface area contributed by atoms with Crippen LogP contribution in [-0.2, 0) is 22.4 Å². The van der Waals surface area contributed by atoms with Crippen LogP contribution in [0.4, 0.5) is 13.2 Å². The lowest BCUT2D eigenvalue weighted by atomic mass is 9.81. The molecule has 1 fully saturated rings. The number of hydrogen-bond acceptors (Lipinski definition) is 4. The topological polar surface area (TPSA) is 57.0 Å². The van der Waals surface area contributed by atoms with Crippen LogP contribution >= 0.6 is 11.6 Å². The zero-order valence-electron chi connectivity index (χ0n) is 15.9. The third-order valence-corrected chi connectivity index (χ3v) is 6.26. The van der Waals surface area contributed by atoms with Crippen LogP contribution in [0.2, 0.25) is 5.02 Å². The molecular weight excluding hydrogens is 407 g/mol. The average molecular weight is 428 g/mol. The summed E-state index contributed by atoms with van der Waals surface area (Å²) < 4.78 is 46.0. The standard InChI is InChI=1S/C20H21ClF3N3O2/c1-29-19(28)13-8-12-9-15(21)6-7-16(12)27-17(10-13)25-26-18(27)11-2-4-14(5-3-11)20(22,23)24/h6-7,9,11,13-14H,2-5,8,10H2,1H3. The van der Waals surface area contributed by atoms with Crippen LogP contribution in [0.1, 0.15) is 48.8 Å². The van der Waals surface area contributed by atoms with E-state index >= 15 is 0 Å². The van der Waals surface area contributed by atoms with Gasteiger partial charge in [-0.15, -0.1) is 10.2 Å². The number of hydrogen-bond donors (Lipinski definition) is 0. The molecule has 1 atom stereocenters. The number of nitrogens with zero attached hydrogens (tertiary/aromatic N) is 3. The number of ether oxygens (including phenoxy) is 1. The molecule has 0 bridgehead atoms. The smallest absolute Gasteiger partial charge is 0.391 e. The van der Waals surface area contributed by atoms with Crippen molar-refractivity contribution in [3.63, 3.8) is 0 Å². The number of halogens is 4. The first-order chi connectivity index (χ1) is 13.8. The van der Waals surface area contributed by atoms with E-state index in [9.17, 15) is 18.0 Å². The molecule has 1 aliphatic carbocycles. The average Bonchev–Trinajstić information content (AvgIpc) is 3.02. The van der Waals surface area contributed by atoms with E-state index in [2.05, 4.69) is 10.2 Å². The number of rotatable bonds is 2. The molecule has 156 valence electrons. The summed E-state index contributed by atoms with van der Waals surface area (Å²) in [5, 5.41) is 9.19. The van der Waals surface area contributed by atoms with E-state index in [1.807, 2.05) is 16.7 Å². The van der Waals surface area contributed by atoms with Gasteiger partial charge in [0.15, 0.2) is 0 Å². The van der Waals surface area contributed by atoms with Gasteiger partial charge in [0.1, 0.15) is 11.6 Å². The van der Waals surface area contributed by atoms with Crippen LogP contribution in [0.25, 0.3) is 5.69 Å². The molecular formula is C20H21ClF3N3O2. The van der Waals surface area contributed by atoms with Gasteiger partial charge in [-0.05, 0) is 55.9 Å². The fraction of sp³-hybridized carbons (Fsp3) is 0.550. The molecule has 2 aromatic rings. The second-order valence-electron chi connectivity index (χ2n) is 7.80. The minimum absolute atomic E-state index is 0.0919. The Morgan fingerprint density at radius 3 is 2.55 bits per heavy atom. The van der Waals surface area contributed by atoms with E-state index < -0.39 is 18.0 Å². The summed E-state index contributed by atoms with van der Waals surface area (Å²) in [5.41, 5.74) is 1.70. The molecule has 29 heavy (non-hydrogen) atoms. The predicted octanol–water partition coefficient (Wildman–Crippen LogP) is 4.64. The predicted molar refractivity (Wildman–Crippen MR) is 100 cm³/mol. The van der Waals surface area contributed by atoms with Crippen molar-refractivity contribution in [1.82, 2.24) is 14.8 Å². The summed E-state index contributed by atoms with van der Waals surface area (Å²) in [6.45, 7) is 0. The first-order valence-electron chi connectivity index (χ1n) is 9.65. The van der Waals surface area contributed by atoms with E-state index in [-0.39, 0.29) is 24.7 Å². The third-order valence-electron chi connectivity index (χ3n) is 6.02. The fourth-order valence-electron chi connectivity index (χ4n) is 4.50. The van der Waals surface area contributed by atoms with E-state index in [4.69, 9.17) is 16.3 Å². The Morgan fingerprint density at radius 2 is 1.90 bits per heavy atom. The molecule has 9 heteroatoms. The van der Waals surface area contributed by atoms with Gasteiger partial charge < -0.3 is 4.74 Å². The summed E-state index contributed by atoms with van der Waals surface area (Å²) in [7, 11) is 1.35. The van der Waals surface area contributed by atoms with Crippen LogP contribution in [0, 0.1) is 11.8 Å². The molecule has 0 saturated heterocycles. The minimum atomic E-state index is -4.15. The van der Waals surface area contributed by atoms with Crippen LogP contribution in [-0.4, -0.2) is 34.0 Å². The highest BCUT2D eigenvalue weighted by molar-refractivity contribution is 6.30. The van der Waals surface area contributed by atoms with Crippen molar-refractivity contribution in [2.24, 2.45) is 11.8 Å². The van der Waals surface area contributed by atoms with Crippen molar-refractivity contribution in [2.45, 2.75) is 50.6 Å². The molecule has 0 N–H and O–H groups in total. The second kappa shape index (κ2) is 7.63. The maximum Gasteiger partial charge on any atom is 0.391 e. The molecule has 2 heterocycles. The SMILES string of the molecule is COC(=O)C1Cc2cc(Cl)ccc2-n2c(nnc2C2CCC(C(F)(F)F)CC2)C1. The molecule has 0 radical (unpaired) electrons. The lowest BCUT2D eigenvalue weighted by Crippen LogP contribution is -2.28. The number of carbonyl (C=O) groups is 1. The van der Waals surface area contributed by atoms with Gasteiger partial charge in [-0.1, -0.05) is 11.6 Å². The highest BCUT2D eigenvalue weighted by Gasteiger charge is 2.42. The normalized spacial score (nSPS) is 24.4. The number of carbonyl (C=O) groups excluding carboxylic acids is 1. The molecule has 1 aromatic carbocycles. The van der Waals surface area contributed by atoms with Gasteiger partial charge in [-0.2, -0.15) is 13.2 Å². The highest BCUT2D eigenvalue weighted by Crippen LogP contribution is 2.43. The molecule has 1 aromatic heterocycles. The number of fused-ring (bicyclic) bond motifs is 3. The summed E-state index contributed by atoms with van der Waals surface area (Å²) in [6.07, 6.45) is -2.35. The monoisotopic (exact) mass is 427 g/mol. The van der Waals surface area contributed by atoms with Gasteiger partial charge in [0.2, 0.25) is 0 Å². The van der Waals surface area contributed by atoms with Gasteiger partial charge in [0.25, 0.3) is 0 Å². The van der Waals surface area contributed by atoms with Crippen molar-refractivity contribution in [3.05, 3.63) is 40.4 Å². The lowest BCUT2D eigenvalue weighted by molar-refractivity contribution is -0.182. The molecule has 2 aliphatic rings. The largest absolute Gasteiger partial charge is 0.469 e. The molecule has 4 rings (SSSR count). The van der Waals surface area contributed by atoms with Crippen LogP contribution in [0.3, 0.4) is 0 Å². The van der Waals surface area contributed by atoms with Gasteiger partial charge >= 0.3 is 12.1 Å². The molecule has 0 spiro atoms. The first-order valence-corrected chi connectivity index (χ1v) is 10.0. The van der Waals surface area contributed by atoms with Crippen LogP contribution < -0.4 is 0 Å². The quantitative estimate of drug-likeness (QED) is 0.655. The number of esters is 1. The summed E-state index contributed by atoms with van der Waals surface area (Å²) >= 11 is 6.18. The van der Waals surface area contributed by atoms with E-state index in [0.717, 1.165) is 11.3 Å². The van der Waals surface area contributed by atoms with Crippen molar-refractivity contribution in [1.29, 1.82) is 0 Å². The number of aromatic nitrogens is 3. The highest BCUT2D eigenvalue weighted by atomic mass is 35.5. The second-order valence-corrected chi connectivity index (χ2v) is 8.24. The van der Waals surface area contributed by atoms with Crippen molar-refractivity contribution < 1.29 is 22.7 Å². The third kappa shape index (κ3) is 3.86. The van der Waals surface area contributed by atoms with Gasteiger partial charge in [-0.3, -0.25) is 9.36 Å². The lowest BCUT2D eigenvalue weighted by Gasteiger charge is -2.29. The Morgan fingerprint density at radius 1 is 1.17 bits per heavy atom. The molecule has 0 amide bonds. The van der Waals surface area contributed by atoms with Crippen molar-refractivity contribution >= 4 is 17.6 Å². The van der Waals surface area contributed by atoms with Crippen LogP contribution in [0.5, 0.6) is 0 Å². The Balaban J connectivity index is 1.71. The van der Waals surface area contributed by atoms with E-state index in [1.54, 1.807) is 6.07 Å². The minimum Gasteiger partial charge on any atom is -0.469 e. The molecule has 1 aliphatic heterocycles. The maximum atomic E-state index is 13.0. The summed E-state index contributed by atoms with van der Waals surface area (Å²) in [6, 6.07) is 5.42. The Kier molecular flexibility index (Phi) is 5.31. The zero-order chi connectivity index (χ0) is 20.8. The number of alkyl halides is 3. The summed E-state index contributed by atoms with van der Waals surface area (Å²) in [4.78, 5) is 12.2. The van der Waals surface area contributed by atoms with Crippen LogP contribution in [0.15, 0.2) is 18.2 Å². The number of methoxy groups -OCH3 is 1. The Labute approximate surface area is 171 Å². The van der Waals surface area contributed by atoms with Gasteiger partial charge in [-0.25, -0.2) is 0 Å². The van der Waals surface area contributed by atoms with E-state index in [1.165, 1.54) is 7.11 Å². The van der Waals surface area contributed by atoms with E-state index in [0.29, 0.717) is 42.4 Å². The van der Waals surface area contributed by atoms with Gasteiger partial charge in [0.05, 0.1) is 24.6 Å². The summed E-state index contributed by atoms with van der Waals surface area (Å²) in [5.74, 6) is -0.826. The first kappa shape index (κ1) is 20.2. The Hall–Kier alpha value is -2.09. The van der Waals surface area contributed by atoms with Crippen molar-refractivity contribution in [3.8, 4) is 5.69 Å². The fourth-order valence-corrected chi connectivity index (χ4v) is 4.69. The van der Waals surface area contributed by atoms with Gasteiger partial charge in [0, 0.05) is 17.4 Å². The van der Waals surface area contributed by atoms with Crippen molar-refractivity contribution in [2.75, 3.05) is 7.11 Å². The molecule has 1 unspecified atom stereocenters.